The van der Waals surface area contributed by atoms with Gasteiger partial charge in [-0.1, -0.05) is 65.3 Å². The van der Waals surface area contributed by atoms with Crippen molar-refractivity contribution in [2.45, 2.75) is 38.0 Å². The standard InChI is InChI=1S/C23H25Cl4NO2.ClH/c24-17-5-7-19(21(26)13-17)16(9-12-28-10-3-1-2-4-11-28)15-30-23(29)20-8-6-18(25)14-22(20)27;/h5-8,13-14,16H,1-4,9-12,15H2;1H. The molecule has 1 saturated heterocycles. The molecule has 0 radical (unpaired) electrons. The van der Waals surface area contributed by atoms with Crippen LogP contribution in [-0.2, 0) is 4.74 Å². The van der Waals surface area contributed by atoms with Crippen LogP contribution in [0, 0.1) is 0 Å². The van der Waals surface area contributed by atoms with Crippen LogP contribution in [0.3, 0.4) is 0 Å². The van der Waals surface area contributed by atoms with Crippen LogP contribution >= 0.6 is 58.8 Å². The lowest BCUT2D eigenvalue weighted by atomic mass is 9.96. The minimum atomic E-state index is -0.471. The predicted molar refractivity (Wildman–Crippen MR) is 133 cm³/mol. The molecule has 170 valence electrons. The quantitative estimate of drug-likeness (QED) is 0.344. The van der Waals surface area contributed by atoms with E-state index >= 15 is 0 Å². The van der Waals surface area contributed by atoms with Crippen molar-refractivity contribution in [1.82, 2.24) is 4.90 Å². The number of rotatable bonds is 7. The lowest BCUT2D eigenvalue weighted by molar-refractivity contribution is 0.0471. The van der Waals surface area contributed by atoms with Gasteiger partial charge in [0.2, 0.25) is 0 Å². The van der Waals surface area contributed by atoms with E-state index in [0.29, 0.717) is 20.6 Å². The Labute approximate surface area is 210 Å². The van der Waals surface area contributed by atoms with Crippen molar-refractivity contribution in [2.75, 3.05) is 26.2 Å². The first-order valence-electron chi connectivity index (χ1n) is 10.2. The van der Waals surface area contributed by atoms with E-state index in [0.717, 1.165) is 31.6 Å². The van der Waals surface area contributed by atoms with E-state index in [1.165, 1.54) is 31.7 Å². The maximum atomic E-state index is 12.6. The third kappa shape index (κ3) is 7.99. The molecule has 1 heterocycles. The molecule has 0 spiro atoms. The zero-order chi connectivity index (χ0) is 21.5. The van der Waals surface area contributed by atoms with Gasteiger partial charge in [0.15, 0.2) is 0 Å². The summed E-state index contributed by atoms with van der Waals surface area (Å²) in [6.45, 7) is 3.37. The molecule has 2 aromatic carbocycles. The van der Waals surface area contributed by atoms with Crippen LogP contribution in [0.15, 0.2) is 36.4 Å². The van der Waals surface area contributed by atoms with Crippen molar-refractivity contribution in [2.24, 2.45) is 0 Å². The first-order chi connectivity index (χ1) is 14.4. The molecule has 0 aromatic heterocycles. The third-order valence-electron chi connectivity index (χ3n) is 5.46. The van der Waals surface area contributed by atoms with Gasteiger partial charge >= 0.3 is 5.97 Å². The van der Waals surface area contributed by atoms with Gasteiger partial charge in [0.25, 0.3) is 0 Å². The molecule has 3 nitrogen and oxygen atoms in total. The summed E-state index contributed by atoms with van der Waals surface area (Å²) in [6, 6.07) is 10.2. The molecule has 1 unspecified atom stereocenters. The molecule has 1 atom stereocenters. The van der Waals surface area contributed by atoms with E-state index in [1.54, 1.807) is 18.2 Å². The van der Waals surface area contributed by atoms with Crippen LogP contribution in [0.1, 0.15) is 53.9 Å². The monoisotopic (exact) mass is 523 g/mol. The van der Waals surface area contributed by atoms with Crippen LogP contribution in [0.5, 0.6) is 0 Å². The van der Waals surface area contributed by atoms with Gasteiger partial charge in [0.1, 0.15) is 0 Å². The number of benzene rings is 2. The van der Waals surface area contributed by atoms with E-state index < -0.39 is 5.97 Å². The third-order valence-corrected chi connectivity index (χ3v) is 6.57. The van der Waals surface area contributed by atoms with Gasteiger partial charge in [-0.3, -0.25) is 0 Å². The van der Waals surface area contributed by atoms with Gasteiger partial charge in [-0.05, 0) is 74.8 Å². The maximum absolute atomic E-state index is 12.6. The number of ether oxygens (including phenoxy) is 1. The van der Waals surface area contributed by atoms with E-state index in [9.17, 15) is 4.79 Å². The van der Waals surface area contributed by atoms with Gasteiger partial charge in [-0.15, -0.1) is 12.4 Å². The van der Waals surface area contributed by atoms with Crippen LogP contribution in [0.25, 0.3) is 0 Å². The minimum absolute atomic E-state index is 0. The summed E-state index contributed by atoms with van der Waals surface area (Å²) < 4.78 is 5.64. The average Bonchev–Trinajstić information content (AvgIpc) is 2.97. The number of hydrogen-bond donors (Lipinski definition) is 0. The molecule has 31 heavy (non-hydrogen) atoms. The number of likely N-dealkylation sites (tertiary alicyclic amines) is 1. The Balaban J connectivity index is 0.00000341. The second-order valence-electron chi connectivity index (χ2n) is 7.63. The van der Waals surface area contributed by atoms with E-state index in [1.807, 2.05) is 12.1 Å². The molecule has 1 fully saturated rings. The molecule has 1 aliphatic heterocycles. The van der Waals surface area contributed by atoms with Gasteiger partial charge in [-0.2, -0.15) is 0 Å². The van der Waals surface area contributed by atoms with Crippen molar-refractivity contribution in [3.8, 4) is 0 Å². The lowest BCUT2D eigenvalue weighted by Gasteiger charge is -2.24. The fourth-order valence-corrected chi connectivity index (χ4v) is 4.82. The normalized spacial score (nSPS) is 15.6. The summed E-state index contributed by atoms with van der Waals surface area (Å²) in [5.74, 6) is -0.505. The highest BCUT2D eigenvalue weighted by Crippen LogP contribution is 2.31. The van der Waals surface area contributed by atoms with E-state index in [2.05, 4.69) is 4.90 Å². The largest absolute Gasteiger partial charge is 0.461 e. The number of carbonyl (C=O) groups excluding carboxylic acids is 1. The molecule has 0 saturated carbocycles. The summed E-state index contributed by atoms with van der Waals surface area (Å²) in [5, 5.41) is 1.92. The molecule has 1 aliphatic rings. The number of esters is 1. The second kappa shape index (κ2) is 13.1. The predicted octanol–water partition coefficient (Wildman–Crippen LogP) is 7.93. The second-order valence-corrected chi connectivity index (χ2v) is 9.32. The zero-order valence-electron chi connectivity index (χ0n) is 17.1. The molecule has 3 rings (SSSR count). The van der Waals surface area contributed by atoms with Crippen LogP contribution in [-0.4, -0.2) is 37.1 Å². The van der Waals surface area contributed by atoms with Gasteiger partial charge in [0.05, 0.1) is 17.2 Å². The Hall–Kier alpha value is -0.680. The Kier molecular flexibility index (Phi) is 11.3. The number of halogens is 5. The van der Waals surface area contributed by atoms with Crippen molar-refractivity contribution in [3.63, 3.8) is 0 Å². The van der Waals surface area contributed by atoms with Crippen molar-refractivity contribution >= 4 is 64.8 Å². The number of nitrogens with zero attached hydrogens (tertiary/aromatic N) is 1. The van der Waals surface area contributed by atoms with Gasteiger partial charge in [0, 0.05) is 21.0 Å². The van der Waals surface area contributed by atoms with Crippen LogP contribution in [0.4, 0.5) is 0 Å². The molecule has 8 heteroatoms. The molecule has 2 aromatic rings. The summed E-state index contributed by atoms with van der Waals surface area (Å²) in [6.07, 6.45) is 5.89. The summed E-state index contributed by atoms with van der Waals surface area (Å²) in [7, 11) is 0. The number of hydrogen-bond acceptors (Lipinski definition) is 3. The first-order valence-corrected chi connectivity index (χ1v) is 11.7. The molecule has 0 aliphatic carbocycles. The molecule has 0 bridgehead atoms. The summed E-state index contributed by atoms with van der Waals surface area (Å²) in [4.78, 5) is 15.1. The van der Waals surface area contributed by atoms with E-state index in [-0.39, 0.29) is 30.0 Å². The summed E-state index contributed by atoms with van der Waals surface area (Å²) in [5.41, 5.74) is 1.24. The van der Waals surface area contributed by atoms with Crippen molar-refractivity contribution < 1.29 is 9.53 Å². The average molecular weight is 526 g/mol. The molecule has 0 amide bonds. The first kappa shape index (κ1) is 26.6. The Morgan fingerprint density at radius 3 is 2.13 bits per heavy atom. The fourth-order valence-electron chi connectivity index (χ4n) is 3.77. The minimum Gasteiger partial charge on any atom is -0.461 e. The fraction of sp³-hybridized carbons (Fsp3) is 0.435. The summed E-state index contributed by atoms with van der Waals surface area (Å²) >= 11 is 24.6. The maximum Gasteiger partial charge on any atom is 0.339 e. The Morgan fingerprint density at radius 2 is 1.52 bits per heavy atom. The zero-order valence-corrected chi connectivity index (χ0v) is 20.9. The Morgan fingerprint density at radius 1 is 0.903 bits per heavy atom. The van der Waals surface area contributed by atoms with Gasteiger partial charge < -0.3 is 9.64 Å². The smallest absolute Gasteiger partial charge is 0.339 e. The number of carbonyl (C=O) groups is 1. The van der Waals surface area contributed by atoms with E-state index in [4.69, 9.17) is 51.1 Å². The SMILES string of the molecule is Cl.O=C(OCC(CCN1CCCCCC1)c1ccc(Cl)cc1Cl)c1ccc(Cl)cc1Cl. The van der Waals surface area contributed by atoms with Gasteiger partial charge in [-0.25, -0.2) is 4.79 Å². The molecule has 0 N–H and O–H groups in total. The molecular weight excluding hydrogens is 500 g/mol. The van der Waals surface area contributed by atoms with Crippen molar-refractivity contribution in [1.29, 1.82) is 0 Å². The Bertz CT molecular complexity index is 869. The topological polar surface area (TPSA) is 29.5 Å². The van der Waals surface area contributed by atoms with Crippen LogP contribution in [0.2, 0.25) is 20.1 Å². The lowest BCUT2D eigenvalue weighted by Crippen LogP contribution is -2.28. The van der Waals surface area contributed by atoms with Crippen molar-refractivity contribution in [3.05, 3.63) is 67.6 Å². The van der Waals surface area contributed by atoms with Crippen LogP contribution < -0.4 is 0 Å². The molecular formula is C23H26Cl5NO2. The highest BCUT2D eigenvalue weighted by atomic mass is 35.5. The highest BCUT2D eigenvalue weighted by Gasteiger charge is 2.21. The highest BCUT2D eigenvalue weighted by molar-refractivity contribution is 6.36.